The summed E-state index contributed by atoms with van der Waals surface area (Å²) in [4.78, 5) is 0. The van der Waals surface area contributed by atoms with Gasteiger partial charge < -0.3 is 9.94 Å². The van der Waals surface area contributed by atoms with Gasteiger partial charge in [0.15, 0.2) is 0 Å². The molecule has 1 atom stereocenters. The van der Waals surface area contributed by atoms with Crippen molar-refractivity contribution in [2.24, 2.45) is 0 Å². The molecule has 0 unspecified atom stereocenters. The first kappa shape index (κ1) is 8.53. The zero-order chi connectivity index (χ0) is 9.26. The Kier molecular flexibility index (Phi) is 2.20. The van der Waals surface area contributed by atoms with Crippen LogP contribution in [0.15, 0.2) is 24.3 Å². The lowest BCUT2D eigenvalue weighted by atomic mass is 10.2. The summed E-state index contributed by atoms with van der Waals surface area (Å²) < 4.78 is 5.63. The minimum atomic E-state index is 0.0358. The first-order chi connectivity index (χ1) is 6.25. The summed E-state index contributed by atoms with van der Waals surface area (Å²) in [6, 6.07) is 7.80. The third-order valence-corrected chi connectivity index (χ3v) is 2.12. The molecular formula is C10H13NO2. The lowest BCUT2D eigenvalue weighted by Crippen LogP contribution is -2.27. The van der Waals surface area contributed by atoms with Crippen LogP contribution in [0.1, 0.15) is 12.5 Å². The van der Waals surface area contributed by atoms with Crippen molar-refractivity contribution in [3.8, 4) is 5.75 Å². The maximum absolute atomic E-state index is 9.46. The highest BCUT2D eigenvalue weighted by atomic mass is 16.5. The summed E-state index contributed by atoms with van der Waals surface area (Å²) in [6.45, 7) is 3.04. The molecule has 70 valence electrons. The van der Waals surface area contributed by atoms with Crippen molar-refractivity contribution in [1.82, 2.24) is 5.06 Å². The molecule has 0 aromatic heterocycles. The van der Waals surface area contributed by atoms with Crippen LogP contribution in [0.2, 0.25) is 0 Å². The largest absolute Gasteiger partial charge is 0.489 e. The van der Waals surface area contributed by atoms with E-state index in [0.717, 1.165) is 11.3 Å². The molecule has 2 rings (SSSR count). The van der Waals surface area contributed by atoms with Crippen LogP contribution in [0.25, 0.3) is 0 Å². The fourth-order valence-electron chi connectivity index (χ4n) is 1.56. The topological polar surface area (TPSA) is 32.7 Å². The van der Waals surface area contributed by atoms with Crippen LogP contribution in [0.3, 0.4) is 0 Å². The molecule has 1 aliphatic heterocycles. The number of rotatable bonds is 0. The SMILES string of the molecule is C[C@@H]1CN(O)Cc2ccccc2O1. The second-order valence-electron chi connectivity index (χ2n) is 3.38. The average Bonchev–Trinajstić information content (AvgIpc) is 2.20. The smallest absolute Gasteiger partial charge is 0.124 e. The Morgan fingerprint density at radius 1 is 1.46 bits per heavy atom. The number of nitrogens with zero attached hydrogens (tertiary/aromatic N) is 1. The molecule has 0 aliphatic carbocycles. The van der Waals surface area contributed by atoms with Crippen molar-refractivity contribution in [3.05, 3.63) is 29.8 Å². The minimum Gasteiger partial charge on any atom is -0.489 e. The summed E-state index contributed by atoms with van der Waals surface area (Å²) in [5.74, 6) is 0.881. The average molecular weight is 179 g/mol. The number of hydroxylamine groups is 2. The van der Waals surface area contributed by atoms with Crippen LogP contribution >= 0.6 is 0 Å². The highest BCUT2D eigenvalue weighted by Gasteiger charge is 2.17. The fourth-order valence-corrected chi connectivity index (χ4v) is 1.56. The monoisotopic (exact) mass is 179 g/mol. The first-order valence-corrected chi connectivity index (χ1v) is 4.44. The third kappa shape index (κ3) is 1.82. The highest BCUT2D eigenvalue weighted by Crippen LogP contribution is 2.23. The van der Waals surface area contributed by atoms with Gasteiger partial charge in [-0.3, -0.25) is 0 Å². The molecule has 1 aromatic rings. The van der Waals surface area contributed by atoms with Gasteiger partial charge in [-0.05, 0) is 13.0 Å². The lowest BCUT2D eigenvalue weighted by molar-refractivity contribution is -0.109. The number of hydrogen-bond acceptors (Lipinski definition) is 3. The van der Waals surface area contributed by atoms with Crippen molar-refractivity contribution < 1.29 is 9.94 Å². The standard InChI is InChI=1S/C10H13NO2/c1-8-6-11(12)7-9-4-2-3-5-10(9)13-8/h2-5,8,12H,6-7H2,1H3/t8-/m1/s1. The predicted octanol–water partition coefficient (Wildman–Crippen LogP) is 1.66. The van der Waals surface area contributed by atoms with E-state index in [4.69, 9.17) is 4.74 Å². The van der Waals surface area contributed by atoms with E-state index in [9.17, 15) is 5.21 Å². The van der Waals surface area contributed by atoms with Gasteiger partial charge in [0.25, 0.3) is 0 Å². The zero-order valence-electron chi connectivity index (χ0n) is 7.60. The van der Waals surface area contributed by atoms with Gasteiger partial charge in [-0.15, -0.1) is 0 Å². The van der Waals surface area contributed by atoms with E-state index in [2.05, 4.69) is 0 Å². The molecule has 0 bridgehead atoms. The van der Waals surface area contributed by atoms with Gasteiger partial charge in [-0.25, -0.2) is 0 Å². The second-order valence-corrected chi connectivity index (χ2v) is 3.38. The molecule has 1 heterocycles. The number of benzene rings is 1. The van der Waals surface area contributed by atoms with Crippen molar-refractivity contribution in [1.29, 1.82) is 0 Å². The summed E-state index contributed by atoms with van der Waals surface area (Å²) in [5.41, 5.74) is 1.04. The number of para-hydroxylation sites is 1. The Morgan fingerprint density at radius 3 is 3.08 bits per heavy atom. The van der Waals surface area contributed by atoms with Crippen molar-refractivity contribution in [2.45, 2.75) is 19.6 Å². The molecule has 1 N–H and O–H groups in total. The van der Waals surface area contributed by atoms with Crippen molar-refractivity contribution in [2.75, 3.05) is 6.54 Å². The predicted molar refractivity (Wildman–Crippen MR) is 48.7 cm³/mol. The summed E-state index contributed by atoms with van der Waals surface area (Å²) >= 11 is 0. The normalized spacial score (nSPS) is 23.1. The number of fused-ring (bicyclic) bond motifs is 1. The van der Waals surface area contributed by atoms with Crippen LogP contribution in [-0.4, -0.2) is 22.9 Å². The Morgan fingerprint density at radius 2 is 2.23 bits per heavy atom. The second kappa shape index (κ2) is 3.36. The first-order valence-electron chi connectivity index (χ1n) is 4.44. The Labute approximate surface area is 77.5 Å². The highest BCUT2D eigenvalue weighted by molar-refractivity contribution is 5.33. The van der Waals surface area contributed by atoms with Gasteiger partial charge in [0.05, 0.1) is 13.1 Å². The van der Waals surface area contributed by atoms with Gasteiger partial charge in [0.2, 0.25) is 0 Å². The molecule has 0 saturated carbocycles. The van der Waals surface area contributed by atoms with E-state index in [-0.39, 0.29) is 6.10 Å². The summed E-state index contributed by atoms with van der Waals surface area (Å²) in [6.07, 6.45) is 0.0358. The van der Waals surface area contributed by atoms with Gasteiger partial charge in [-0.1, -0.05) is 18.2 Å². The molecule has 0 saturated heterocycles. The van der Waals surface area contributed by atoms with Crippen LogP contribution < -0.4 is 4.74 Å². The maximum Gasteiger partial charge on any atom is 0.124 e. The molecule has 0 spiro atoms. The molecule has 1 aliphatic rings. The van der Waals surface area contributed by atoms with E-state index in [1.165, 1.54) is 5.06 Å². The van der Waals surface area contributed by atoms with Crippen molar-refractivity contribution in [3.63, 3.8) is 0 Å². The number of ether oxygens (including phenoxy) is 1. The Balaban J connectivity index is 2.32. The Bertz CT molecular complexity index is 272. The van der Waals surface area contributed by atoms with Crippen LogP contribution in [-0.2, 0) is 6.54 Å². The molecule has 13 heavy (non-hydrogen) atoms. The quantitative estimate of drug-likeness (QED) is 0.657. The molecular weight excluding hydrogens is 166 g/mol. The molecule has 3 heteroatoms. The van der Waals surface area contributed by atoms with Gasteiger partial charge >= 0.3 is 0 Å². The van der Waals surface area contributed by atoms with E-state index in [0.29, 0.717) is 13.1 Å². The summed E-state index contributed by atoms with van der Waals surface area (Å²) in [5, 5.41) is 10.7. The zero-order valence-corrected chi connectivity index (χ0v) is 7.60. The number of hydrogen-bond donors (Lipinski definition) is 1. The van der Waals surface area contributed by atoms with Gasteiger partial charge in [0, 0.05) is 5.56 Å². The van der Waals surface area contributed by atoms with Crippen LogP contribution in [0, 0.1) is 0 Å². The van der Waals surface area contributed by atoms with Gasteiger partial charge in [0.1, 0.15) is 11.9 Å². The molecule has 1 aromatic carbocycles. The maximum atomic E-state index is 9.46. The fraction of sp³-hybridized carbons (Fsp3) is 0.400. The van der Waals surface area contributed by atoms with E-state index in [1.807, 2.05) is 31.2 Å². The molecule has 3 nitrogen and oxygen atoms in total. The lowest BCUT2D eigenvalue weighted by Gasteiger charge is -2.14. The summed E-state index contributed by atoms with van der Waals surface area (Å²) in [7, 11) is 0. The van der Waals surface area contributed by atoms with E-state index < -0.39 is 0 Å². The minimum absolute atomic E-state index is 0.0358. The molecule has 0 radical (unpaired) electrons. The van der Waals surface area contributed by atoms with Crippen molar-refractivity contribution >= 4 is 0 Å². The molecule has 0 amide bonds. The van der Waals surface area contributed by atoms with E-state index in [1.54, 1.807) is 0 Å². The van der Waals surface area contributed by atoms with E-state index >= 15 is 0 Å². The van der Waals surface area contributed by atoms with Crippen LogP contribution in [0.4, 0.5) is 0 Å². The third-order valence-electron chi connectivity index (χ3n) is 2.12. The Hall–Kier alpha value is -1.06. The molecule has 0 fully saturated rings. The van der Waals surface area contributed by atoms with Crippen LogP contribution in [0.5, 0.6) is 5.75 Å². The van der Waals surface area contributed by atoms with Gasteiger partial charge in [-0.2, -0.15) is 5.06 Å².